The highest BCUT2D eigenvalue weighted by Gasteiger charge is 2.12. The summed E-state index contributed by atoms with van der Waals surface area (Å²) in [6.07, 6.45) is 2.56. The molecule has 1 heterocycles. The Hall–Kier alpha value is -1.58. The van der Waals surface area contributed by atoms with Gasteiger partial charge in [0.1, 0.15) is 11.3 Å². The van der Waals surface area contributed by atoms with Gasteiger partial charge in [-0.3, -0.25) is 5.84 Å². The first-order valence-electron chi connectivity index (χ1n) is 4.90. The van der Waals surface area contributed by atoms with Gasteiger partial charge in [-0.25, -0.2) is 5.43 Å². The van der Waals surface area contributed by atoms with Crippen LogP contribution in [-0.4, -0.2) is 0 Å². The summed E-state index contributed by atoms with van der Waals surface area (Å²) in [5, 5.41) is 1.09. The molecule has 0 spiro atoms. The topological polar surface area (TPSA) is 51.2 Å². The molecule has 0 saturated carbocycles. The molecule has 78 valence electrons. The summed E-state index contributed by atoms with van der Waals surface area (Å²) in [7, 11) is 0. The van der Waals surface area contributed by atoms with Crippen molar-refractivity contribution in [2.45, 2.75) is 12.5 Å². The van der Waals surface area contributed by atoms with E-state index in [2.05, 4.69) is 12.0 Å². The second-order valence-electron chi connectivity index (χ2n) is 3.43. The molecule has 3 heteroatoms. The van der Waals surface area contributed by atoms with Crippen LogP contribution in [0.1, 0.15) is 18.2 Å². The van der Waals surface area contributed by atoms with Crippen LogP contribution in [0, 0.1) is 0 Å². The van der Waals surface area contributed by atoms with Gasteiger partial charge in [0.05, 0.1) is 6.04 Å². The van der Waals surface area contributed by atoms with Crippen LogP contribution in [0.15, 0.2) is 47.4 Å². The first-order chi connectivity index (χ1) is 7.35. The van der Waals surface area contributed by atoms with Crippen LogP contribution in [-0.2, 0) is 0 Å². The number of fused-ring (bicyclic) bond motifs is 1. The SMILES string of the molecule is C=CCC(NN)c1cc2ccccc2o1. The van der Waals surface area contributed by atoms with E-state index in [-0.39, 0.29) is 6.04 Å². The van der Waals surface area contributed by atoms with E-state index in [1.165, 1.54) is 0 Å². The fourth-order valence-corrected chi connectivity index (χ4v) is 1.61. The fraction of sp³-hybridized carbons (Fsp3) is 0.167. The predicted octanol–water partition coefficient (Wildman–Crippen LogP) is 2.51. The zero-order chi connectivity index (χ0) is 10.7. The zero-order valence-corrected chi connectivity index (χ0v) is 8.44. The van der Waals surface area contributed by atoms with E-state index in [0.29, 0.717) is 0 Å². The highest BCUT2D eigenvalue weighted by atomic mass is 16.3. The number of furan rings is 1. The molecular formula is C12H14N2O. The van der Waals surface area contributed by atoms with Crippen molar-refractivity contribution in [1.29, 1.82) is 0 Å². The molecule has 0 fully saturated rings. The van der Waals surface area contributed by atoms with Gasteiger partial charge in [-0.05, 0) is 18.6 Å². The van der Waals surface area contributed by atoms with Crippen LogP contribution < -0.4 is 11.3 Å². The van der Waals surface area contributed by atoms with Crippen molar-refractivity contribution in [3.63, 3.8) is 0 Å². The molecule has 1 aromatic carbocycles. The third kappa shape index (κ3) is 1.93. The summed E-state index contributed by atoms with van der Waals surface area (Å²) < 4.78 is 5.68. The lowest BCUT2D eigenvalue weighted by Crippen LogP contribution is -2.27. The Balaban J connectivity index is 2.38. The van der Waals surface area contributed by atoms with Gasteiger partial charge in [0.25, 0.3) is 0 Å². The van der Waals surface area contributed by atoms with Crippen molar-refractivity contribution < 1.29 is 4.42 Å². The maximum atomic E-state index is 5.68. The molecule has 1 atom stereocenters. The van der Waals surface area contributed by atoms with Gasteiger partial charge < -0.3 is 4.42 Å². The van der Waals surface area contributed by atoms with E-state index >= 15 is 0 Å². The van der Waals surface area contributed by atoms with E-state index in [9.17, 15) is 0 Å². The molecule has 1 aromatic heterocycles. The molecule has 3 N–H and O–H groups in total. The van der Waals surface area contributed by atoms with Gasteiger partial charge in [-0.1, -0.05) is 24.3 Å². The van der Waals surface area contributed by atoms with E-state index in [0.717, 1.165) is 23.2 Å². The largest absolute Gasteiger partial charge is 0.459 e. The number of hydrogen-bond donors (Lipinski definition) is 2. The van der Waals surface area contributed by atoms with Gasteiger partial charge in [0.2, 0.25) is 0 Å². The minimum Gasteiger partial charge on any atom is -0.459 e. The van der Waals surface area contributed by atoms with Gasteiger partial charge in [0, 0.05) is 5.39 Å². The van der Waals surface area contributed by atoms with Crippen molar-refractivity contribution in [1.82, 2.24) is 5.43 Å². The second-order valence-corrected chi connectivity index (χ2v) is 3.43. The first kappa shape index (κ1) is 9.96. The molecule has 1 unspecified atom stereocenters. The first-order valence-corrected chi connectivity index (χ1v) is 4.90. The lowest BCUT2D eigenvalue weighted by atomic mass is 10.1. The van der Waals surface area contributed by atoms with Crippen LogP contribution >= 0.6 is 0 Å². The molecular weight excluding hydrogens is 188 g/mol. The Morgan fingerprint density at radius 2 is 2.27 bits per heavy atom. The number of rotatable bonds is 4. The van der Waals surface area contributed by atoms with Gasteiger partial charge in [-0.2, -0.15) is 0 Å². The maximum absolute atomic E-state index is 5.68. The summed E-state index contributed by atoms with van der Waals surface area (Å²) in [4.78, 5) is 0. The maximum Gasteiger partial charge on any atom is 0.134 e. The normalized spacial score (nSPS) is 12.9. The quantitative estimate of drug-likeness (QED) is 0.455. The minimum atomic E-state index is -0.00472. The molecule has 0 bridgehead atoms. The molecule has 2 rings (SSSR count). The lowest BCUT2D eigenvalue weighted by Gasteiger charge is -2.09. The summed E-state index contributed by atoms with van der Waals surface area (Å²) in [5.41, 5.74) is 3.60. The van der Waals surface area contributed by atoms with Gasteiger partial charge >= 0.3 is 0 Å². The van der Waals surface area contributed by atoms with E-state index in [4.69, 9.17) is 10.3 Å². The molecule has 0 saturated heterocycles. The zero-order valence-electron chi connectivity index (χ0n) is 8.44. The van der Waals surface area contributed by atoms with E-state index < -0.39 is 0 Å². The monoisotopic (exact) mass is 202 g/mol. The Morgan fingerprint density at radius 3 is 2.93 bits per heavy atom. The number of benzene rings is 1. The highest BCUT2D eigenvalue weighted by Crippen LogP contribution is 2.25. The minimum absolute atomic E-state index is 0.00472. The fourth-order valence-electron chi connectivity index (χ4n) is 1.61. The van der Waals surface area contributed by atoms with Crippen LogP contribution in [0.25, 0.3) is 11.0 Å². The molecule has 0 radical (unpaired) electrons. The molecule has 15 heavy (non-hydrogen) atoms. The Bertz CT molecular complexity index is 428. The van der Waals surface area contributed by atoms with Crippen molar-refractivity contribution in [3.8, 4) is 0 Å². The average Bonchev–Trinajstić information content (AvgIpc) is 2.69. The average molecular weight is 202 g/mol. The molecule has 0 aliphatic heterocycles. The third-order valence-corrected chi connectivity index (χ3v) is 2.39. The standard InChI is InChI=1S/C12H14N2O/c1-2-5-10(14-13)12-8-9-6-3-4-7-11(9)15-12/h2-4,6-8,10,14H,1,5,13H2. The number of hydrogen-bond acceptors (Lipinski definition) is 3. The molecule has 0 aliphatic carbocycles. The molecule has 0 amide bonds. The molecule has 0 aliphatic rings. The number of nitrogens with two attached hydrogens (primary N) is 1. The van der Waals surface area contributed by atoms with Gasteiger partial charge in [0.15, 0.2) is 0 Å². The van der Waals surface area contributed by atoms with Crippen molar-refractivity contribution >= 4 is 11.0 Å². The number of hydrazine groups is 1. The summed E-state index contributed by atoms with van der Waals surface area (Å²) in [6, 6.07) is 9.90. The van der Waals surface area contributed by atoms with Gasteiger partial charge in [-0.15, -0.1) is 6.58 Å². The Labute approximate surface area is 88.5 Å². The summed E-state index contributed by atoms with van der Waals surface area (Å²) in [5.74, 6) is 6.30. The predicted molar refractivity (Wildman–Crippen MR) is 61.1 cm³/mol. The highest BCUT2D eigenvalue weighted by molar-refractivity contribution is 5.77. The molecule has 3 nitrogen and oxygen atoms in total. The van der Waals surface area contributed by atoms with Crippen molar-refractivity contribution in [2.24, 2.45) is 5.84 Å². The Morgan fingerprint density at radius 1 is 1.47 bits per heavy atom. The van der Waals surface area contributed by atoms with Crippen molar-refractivity contribution in [2.75, 3.05) is 0 Å². The van der Waals surface area contributed by atoms with Crippen LogP contribution in [0.4, 0.5) is 0 Å². The number of para-hydroxylation sites is 1. The second kappa shape index (κ2) is 4.29. The van der Waals surface area contributed by atoms with Crippen LogP contribution in [0.2, 0.25) is 0 Å². The lowest BCUT2D eigenvalue weighted by molar-refractivity contribution is 0.439. The Kier molecular flexibility index (Phi) is 2.85. The smallest absolute Gasteiger partial charge is 0.134 e. The number of nitrogens with one attached hydrogen (secondary N) is 1. The summed E-state index contributed by atoms with van der Waals surface area (Å²) in [6.45, 7) is 3.69. The summed E-state index contributed by atoms with van der Waals surface area (Å²) >= 11 is 0. The third-order valence-electron chi connectivity index (χ3n) is 2.39. The van der Waals surface area contributed by atoms with E-state index in [1.54, 1.807) is 0 Å². The van der Waals surface area contributed by atoms with Crippen LogP contribution in [0.5, 0.6) is 0 Å². The van der Waals surface area contributed by atoms with Crippen molar-refractivity contribution in [3.05, 3.63) is 48.7 Å². The van der Waals surface area contributed by atoms with Crippen LogP contribution in [0.3, 0.4) is 0 Å². The van der Waals surface area contributed by atoms with E-state index in [1.807, 2.05) is 36.4 Å². The molecule has 2 aromatic rings.